The summed E-state index contributed by atoms with van der Waals surface area (Å²) < 4.78 is 27.4. The molecule has 0 aromatic carbocycles. The zero-order valence-corrected chi connectivity index (χ0v) is 12.5. The molecule has 1 aromatic heterocycles. The summed E-state index contributed by atoms with van der Waals surface area (Å²) in [5.74, 6) is 1.22. The van der Waals surface area contributed by atoms with E-state index < -0.39 is 10.0 Å². The van der Waals surface area contributed by atoms with E-state index in [1.807, 2.05) is 11.8 Å². The van der Waals surface area contributed by atoms with Gasteiger partial charge in [0.25, 0.3) is 0 Å². The van der Waals surface area contributed by atoms with Crippen LogP contribution < -0.4 is 10.5 Å². The summed E-state index contributed by atoms with van der Waals surface area (Å²) >= 11 is 1.82. The maximum Gasteiger partial charge on any atom is 0.241 e. The van der Waals surface area contributed by atoms with E-state index in [0.717, 1.165) is 25.0 Å². The smallest absolute Gasteiger partial charge is 0.241 e. The summed E-state index contributed by atoms with van der Waals surface area (Å²) in [5, 5.41) is 0.374. The molecule has 0 bridgehead atoms. The van der Waals surface area contributed by atoms with Crippen LogP contribution in [0.2, 0.25) is 0 Å². The molecule has 1 aromatic rings. The van der Waals surface area contributed by atoms with E-state index in [9.17, 15) is 8.42 Å². The lowest BCUT2D eigenvalue weighted by Gasteiger charge is -2.20. The fourth-order valence-electron chi connectivity index (χ4n) is 2.34. The number of nitrogens with two attached hydrogens (primary N) is 1. The minimum atomic E-state index is -3.50. The molecule has 1 heterocycles. The van der Waals surface area contributed by atoms with Gasteiger partial charge in [-0.2, -0.15) is 11.8 Å². The van der Waals surface area contributed by atoms with Crippen LogP contribution in [0.1, 0.15) is 26.2 Å². The summed E-state index contributed by atoms with van der Waals surface area (Å²) in [7, 11) is -3.50. The molecule has 0 aliphatic heterocycles. The molecular weight excluding hydrogens is 282 g/mol. The number of hydrogen-bond acceptors (Lipinski definition) is 5. The summed E-state index contributed by atoms with van der Waals surface area (Å²) in [6.07, 6.45) is 4.46. The van der Waals surface area contributed by atoms with E-state index in [1.165, 1.54) is 18.3 Å². The molecule has 2 unspecified atom stereocenters. The van der Waals surface area contributed by atoms with Gasteiger partial charge >= 0.3 is 0 Å². The maximum atomic E-state index is 12.3. The van der Waals surface area contributed by atoms with Crippen LogP contribution in [0.5, 0.6) is 0 Å². The van der Waals surface area contributed by atoms with Crippen molar-refractivity contribution in [2.24, 2.45) is 0 Å². The van der Waals surface area contributed by atoms with Crippen LogP contribution in [0.4, 0.5) is 5.82 Å². The fraction of sp³-hybridized carbons (Fsp3) is 0.583. The lowest BCUT2D eigenvalue weighted by molar-refractivity contribution is 0.555. The van der Waals surface area contributed by atoms with E-state index in [-0.39, 0.29) is 16.8 Å². The van der Waals surface area contributed by atoms with Crippen molar-refractivity contribution in [3.63, 3.8) is 0 Å². The number of hydrogen-bond donors (Lipinski definition) is 2. The summed E-state index contributed by atoms with van der Waals surface area (Å²) in [4.78, 5) is 4.00. The highest BCUT2D eigenvalue weighted by Crippen LogP contribution is 2.30. The molecule has 0 spiro atoms. The molecule has 1 aliphatic carbocycles. The van der Waals surface area contributed by atoms with Crippen molar-refractivity contribution >= 4 is 27.6 Å². The third-order valence-corrected chi connectivity index (χ3v) is 6.02. The van der Waals surface area contributed by atoms with Gasteiger partial charge in [0.2, 0.25) is 10.0 Å². The van der Waals surface area contributed by atoms with Crippen LogP contribution in [0.15, 0.2) is 23.2 Å². The maximum absolute atomic E-state index is 12.3. The minimum Gasteiger partial charge on any atom is -0.384 e. The first-order chi connectivity index (χ1) is 9.03. The molecule has 2 atom stereocenters. The van der Waals surface area contributed by atoms with E-state index in [1.54, 1.807) is 0 Å². The van der Waals surface area contributed by atoms with Gasteiger partial charge in [-0.25, -0.2) is 18.1 Å². The number of pyridine rings is 1. The molecule has 1 fully saturated rings. The monoisotopic (exact) mass is 301 g/mol. The molecule has 3 N–H and O–H groups in total. The molecule has 7 heteroatoms. The molecule has 0 amide bonds. The van der Waals surface area contributed by atoms with Crippen molar-refractivity contribution in [3.8, 4) is 0 Å². The number of aromatic nitrogens is 1. The molecule has 0 saturated heterocycles. The Morgan fingerprint density at radius 3 is 3.00 bits per heavy atom. The Kier molecular flexibility index (Phi) is 4.70. The number of anilines is 1. The van der Waals surface area contributed by atoms with Crippen LogP contribution >= 0.6 is 11.8 Å². The Labute approximate surface area is 118 Å². The molecule has 2 rings (SSSR count). The van der Waals surface area contributed by atoms with Gasteiger partial charge in [0.15, 0.2) is 0 Å². The highest BCUT2D eigenvalue weighted by Gasteiger charge is 2.31. The van der Waals surface area contributed by atoms with Crippen LogP contribution in [0, 0.1) is 0 Å². The summed E-state index contributed by atoms with van der Waals surface area (Å²) in [6, 6.07) is 2.87. The first-order valence-corrected chi connectivity index (χ1v) is 8.91. The topological polar surface area (TPSA) is 85.1 Å². The Morgan fingerprint density at radius 2 is 2.32 bits per heavy atom. The number of rotatable bonds is 5. The fourth-order valence-corrected chi connectivity index (χ4v) is 4.95. The number of nitrogen functional groups attached to an aromatic ring is 1. The van der Waals surface area contributed by atoms with Crippen LogP contribution in [0.25, 0.3) is 0 Å². The number of nitrogens with zero attached hydrogens (tertiary/aromatic N) is 1. The molecule has 1 saturated carbocycles. The van der Waals surface area contributed by atoms with E-state index in [0.29, 0.717) is 5.25 Å². The third-order valence-electron chi connectivity index (χ3n) is 3.20. The van der Waals surface area contributed by atoms with Gasteiger partial charge in [-0.05, 0) is 24.7 Å². The standard InChI is InChI=1S/C12H19N3O2S2/c1-2-18-11-5-3-4-10(11)15-19(16,17)9-6-7-14-12(13)8-9/h6-8,10-11,15H,2-5H2,1H3,(H2,13,14). The van der Waals surface area contributed by atoms with Crippen LogP contribution in [-0.2, 0) is 10.0 Å². The molecule has 5 nitrogen and oxygen atoms in total. The quantitative estimate of drug-likeness (QED) is 0.863. The molecular formula is C12H19N3O2S2. The second kappa shape index (κ2) is 6.11. The van der Waals surface area contributed by atoms with Gasteiger partial charge in [0.05, 0.1) is 4.90 Å². The van der Waals surface area contributed by atoms with Gasteiger partial charge in [-0.3, -0.25) is 0 Å². The highest BCUT2D eigenvalue weighted by atomic mass is 32.2. The molecule has 19 heavy (non-hydrogen) atoms. The van der Waals surface area contributed by atoms with Gasteiger partial charge in [-0.1, -0.05) is 13.3 Å². The van der Waals surface area contributed by atoms with Crippen molar-refractivity contribution in [3.05, 3.63) is 18.3 Å². The van der Waals surface area contributed by atoms with E-state index >= 15 is 0 Å². The molecule has 1 aliphatic rings. The summed E-state index contributed by atoms with van der Waals surface area (Å²) in [6.45, 7) is 2.10. The Bertz CT molecular complexity index is 534. The van der Waals surface area contributed by atoms with Crippen molar-refractivity contribution in [2.75, 3.05) is 11.5 Å². The predicted octanol–water partition coefficient (Wildman–Crippen LogP) is 1.62. The van der Waals surface area contributed by atoms with Gasteiger partial charge in [-0.15, -0.1) is 0 Å². The zero-order chi connectivity index (χ0) is 13.9. The van der Waals surface area contributed by atoms with Crippen molar-refractivity contribution in [1.82, 2.24) is 9.71 Å². The van der Waals surface area contributed by atoms with Crippen molar-refractivity contribution < 1.29 is 8.42 Å². The van der Waals surface area contributed by atoms with Gasteiger partial charge < -0.3 is 5.73 Å². The van der Waals surface area contributed by atoms with Gasteiger partial charge in [0, 0.05) is 23.6 Å². The van der Waals surface area contributed by atoms with Crippen molar-refractivity contribution in [2.45, 2.75) is 42.4 Å². The number of thioether (sulfide) groups is 1. The van der Waals surface area contributed by atoms with Crippen LogP contribution in [-0.4, -0.2) is 30.4 Å². The molecule has 0 radical (unpaired) electrons. The molecule has 106 valence electrons. The second-order valence-corrected chi connectivity index (χ2v) is 7.80. The minimum absolute atomic E-state index is 0.0179. The lowest BCUT2D eigenvalue weighted by Crippen LogP contribution is -2.38. The summed E-state index contributed by atoms with van der Waals surface area (Å²) in [5.41, 5.74) is 5.53. The number of sulfonamides is 1. The first kappa shape index (κ1) is 14.6. The first-order valence-electron chi connectivity index (χ1n) is 6.38. The average molecular weight is 301 g/mol. The second-order valence-electron chi connectivity index (χ2n) is 4.57. The SMILES string of the molecule is CCSC1CCCC1NS(=O)(=O)c1ccnc(N)c1. The van der Waals surface area contributed by atoms with Crippen molar-refractivity contribution in [1.29, 1.82) is 0 Å². The number of nitrogens with one attached hydrogen (secondary N) is 1. The Morgan fingerprint density at radius 1 is 1.53 bits per heavy atom. The largest absolute Gasteiger partial charge is 0.384 e. The predicted molar refractivity (Wildman–Crippen MR) is 78.5 cm³/mol. The normalized spacial score (nSPS) is 23.6. The lowest BCUT2D eigenvalue weighted by atomic mass is 10.3. The van der Waals surface area contributed by atoms with Gasteiger partial charge in [0.1, 0.15) is 5.82 Å². The highest BCUT2D eigenvalue weighted by molar-refractivity contribution is 8.00. The Balaban J connectivity index is 2.13. The Hall–Kier alpha value is -0.790. The van der Waals surface area contributed by atoms with Crippen LogP contribution in [0.3, 0.4) is 0 Å². The zero-order valence-electron chi connectivity index (χ0n) is 10.9. The third kappa shape index (κ3) is 3.61. The van der Waals surface area contributed by atoms with E-state index in [2.05, 4.69) is 16.6 Å². The van der Waals surface area contributed by atoms with E-state index in [4.69, 9.17) is 5.73 Å². The average Bonchev–Trinajstić information content (AvgIpc) is 2.76.